The van der Waals surface area contributed by atoms with Crippen LogP contribution in [-0.4, -0.2) is 31.1 Å². The molecule has 1 aliphatic heterocycles. The molecule has 1 saturated heterocycles. The largest absolute Gasteiger partial charge is 0.329 e. The van der Waals surface area contributed by atoms with Gasteiger partial charge in [-0.3, -0.25) is 0 Å². The van der Waals surface area contributed by atoms with Crippen molar-refractivity contribution < 1.29 is 0 Å². The lowest BCUT2D eigenvalue weighted by molar-refractivity contribution is 0.188. The number of benzene rings is 1. The topological polar surface area (TPSA) is 29.3 Å². The van der Waals surface area contributed by atoms with Crippen molar-refractivity contribution >= 4 is 15.9 Å². The van der Waals surface area contributed by atoms with Crippen molar-refractivity contribution in [2.75, 3.05) is 26.2 Å². The van der Waals surface area contributed by atoms with Crippen LogP contribution in [0, 0.1) is 5.92 Å². The van der Waals surface area contributed by atoms with Crippen molar-refractivity contribution in [3.8, 4) is 0 Å². The first kappa shape index (κ1) is 13.1. The van der Waals surface area contributed by atoms with E-state index < -0.39 is 0 Å². The summed E-state index contributed by atoms with van der Waals surface area (Å²) in [4.78, 5) is 2.48. The number of nitrogens with two attached hydrogens (primary N) is 1. The molecule has 0 unspecified atom stereocenters. The van der Waals surface area contributed by atoms with Crippen molar-refractivity contribution in [1.29, 1.82) is 0 Å². The molecule has 2 nitrogen and oxygen atoms in total. The molecule has 1 heterocycles. The van der Waals surface area contributed by atoms with Gasteiger partial charge in [0.25, 0.3) is 0 Å². The van der Waals surface area contributed by atoms with Gasteiger partial charge >= 0.3 is 0 Å². The summed E-state index contributed by atoms with van der Waals surface area (Å²) in [7, 11) is 0. The Balaban J connectivity index is 1.79. The van der Waals surface area contributed by atoms with Crippen molar-refractivity contribution in [3.05, 3.63) is 34.3 Å². The van der Waals surface area contributed by atoms with Crippen LogP contribution in [0.15, 0.2) is 28.7 Å². The highest BCUT2D eigenvalue weighted by Crippen LogP contribution is 2.22. The highest BCUT2D eigenvalue weighted by Gasteiger charge is 2.18. The lowest BCUT2D eigenvalue weighted by Crippen LogP contribution is -2.37. The molecule has 3 heteroatoms. The molecule has 0 radical (unpaired) electrons. The van der Waals surface area contributed by atoms with Crippen molar-refractivity contribution in [2.45, 2.75) is 19.3 Å². The van der Waals surface area contributed by atoms with Gasteiger partial charge in [-0.15, -0.1) is 0 Å². The van der Waals surface area contributed by atoms with Crippen LogP contribution in [0.4, 0.5) is 0 Å². The maximum atomic E-state index is 5.59. The Morgan fingerprint density at radius 3 is 2.41 bits per heavy atom. The number of likely N-dealkylation sites (tertiary alicyclic amines) is 1. The highest BCUT2D eigenvalue weighted by molar-refractivity contribution is 9.10. The van der Waals surface area contributed by atoms with Crippen molar-refractivity contribution in [2.24, 2.45) is 11.7 Å². The SMILES string of the molecule is NCCN1CCC(Cc2ccc(Br)cc2)CC1. The first-order valence-corrected chi connectivity index (χ1v) is 7.24. The van der Waals surface area contributed by atoms with E-state index in [0.717, 1.165) is 19.0 Å². The molecule has 0 saturated carbocycles. The average molecular weight is 297 g/mol. The van der Waals surface area contributed by atoms with Crippen LogP contribution in [0.2, 0.25) is 0 Å². The number of rotatable bonds is 4. The Morgan fingerprint density at radius 1 is 1.18 bits per heavy atom. The Labute approximate surface area is 112 Å². The fourth-order valence-electron chi connectivity index (χ4n) is 2.55. The van der Waals surface area contributed by atoms with Crippen LogP contribution < -0.4 is 5.73 Å². The van der Waals surface area contributed by atoms with Gasteiger partial charge < -0.3 is 10.6 Å². The third-order valence-corrected chi connectivity index (χ3v) is 4.12. The molecule has 1 aromatic carbocycles. The molecule has 2 N–H and O–H groups in total. The van der Waals surface area contributed by atoms with E-state index in [9.17, 15) is 0 Å². The van der Waals surface area contributed by atoms with Crippen LogP contribution in [-0.2, 0) is 6.42 Å². The first-order chi connectivity index (χ1) is 8.28. The molecule has 0 atom stereocenters. The fourth-order valence-corrected chi connectivity index (χ4v) is 2.81. The molecule has 0 amide bonds. The zero-order valence-corrected chi connectivity index (χ0v) is 11.8. The van der Waals surface area contributed by atoms with Crippen LogP contribution in [0.3, 0.4) is 0 Å². The predicted octanol–water partition coefficient (Wildman–Crippen LogP) is 2.66. The number of piperidine rings is 1. The molecule has 0 spiro atoms. The molecule has 0 aromatic heterocycles. The van der Waals surface area contributed by atoms with Gasteiger partial charge in [-0.2, -0.15) is 0 Å². The Kier molecular flexibility index (Phi) is 5.01. The number of hydrogen-bond donors (Lipinski definition) is 1. The average Bonchev–Trinajstić information content (AvgIpc) is 2.35. The number of nitrogens with zero attached hydrogens (tertiary/aromatic N) is 1. The van der Waals surface area contributed by atoms with Gasteiger partial charge in [0, 0.05) is 17.6 Å². The zero-order valence-electron chi connectivity index (χ0n) is 10.2. The minimum atomic E-state index is 0.789. The maximum absolute atomic E-state index is 5.59. The van der Waals surface area contributed by atoms with E-state index in [2.05, 4.69) is 45.1 Å². The highest BCUT2D eigenvalue weighted by atomic mass is 79.9. The van der Waals surface area contributed by atoms with E-state index in [4.69, 9.17) is 5.73 Å². The van der Waals surface area contributed by atoms with E-state index in [1.165, 1.54) is 42.4 Å². The second-order valence-corrected chi connectivity index (χ2v) is 5.82. The molecular weight excluding hydrogens is 276 g/mol. The van der Waals surface area contributed by atoms with Gasteiger partial charge in [0.2, 0.25) is 0 Å². The van der Waals surface area contributed by atoms with Gasteiger partial charge in [-0.25, -0.2) is 0 Å². The zero-order chi connectivity index (χ0) is 12.1. The van der Waals surface area contributed by atoms with Crippen LogP contribution in [0.1, 0.15) is 18.4 Å². The van der Waals surface area contributed by atoms with Crippen LogP contribution in [0.25, 0.3) is 0 Å². The third kappa shape index (κ3) is 4.09. The van der Waals surface area contributed by atoms with Gasteiger partial charge in [0.15, 0.2) is 0 Å². The minimum absolute atomic E-state index is 0.789. The molecule has 1 fully saturated rings. The standard InChI is InChI=1S/C14H21BrN2/c15-14-3-1-12(2-4-14)11-13-5-8-17(9-6-13)10-7-16/h1-4,13H,5-11,16H2. The number of halogens is 1. The molecule has 1 aliphatic rings. The normalized spacial score (nSPS) is 18.5. The summed E-state index contributed by atoms with van der Waals surface area (Å²) in [5, 5.41) is 0. The van der Waals surface area contributed by atoms with E-state index in [1.807, 2.05) is 0 Å². The molecule has 94 valence electrons. The molecule has 0 bridgehead atoms. The maximum Gasteiger partial charge on any atom is 0.0175 e. The van der Waals surface area contributed by atoms with E-state index in [1.54, 1.807) is 0 Å². The van der Waals surface area contributed by atoms with Gasteiger partial charge in [-0.05, 0) is 56.0 Å². The summed E-state index contributed by atoms with van der Waals surface area (Å²) in [6.45, 7) is 4.29. The Bertz CT molecular complexity index is 329. The Hall–Kier alpha value is -0.380. The summed E-state index contributed by atoms with van der Waals surface area (Å²) in [6, 6.07) is 8.74. The molecule has 0 aliphatic carbocycles. The minimum Gasteiger partial charge on any atom is -0.329 e. The van der Waals surface area contributed by atoms with E-state index >= 15 is 0 Å². The predicted molar refractivity (Wildman–Crippen MR) is 76.1 cm³/mol. The van der Waals surface area contributed by atoms with Gasteiger partial charge in [0.1, 0.15) is 0 Å². The van der Waals surface area contributed by atoms with Gasteiger partial charge in [0.05, 0.1) is 0 Å². The summed E-state index contributed by atoms with van der Waals surface area (Å²) in [5.41, 5.74) is 7.05. The Morgan fingerprint density at radius 2 is 1.82 bits per heavy atom. The summed E-state index contributed by atoms with van der Waals surface area (Å²) < 4.78 is 1.17. The lowest BCUT2D eigenvalue weighted by atomic mass is 9.90. The molecule has 2 rings (SSSR count). The molecular formula is C14H21BrN2. The van der Waals surface area contributed by atoms with E-state index in [-0.39, 0.29) is 0 Å². The summed E-state index contributed by atoms with van der Waals surface area (Å²) in [6.07, 6.45) is 3.86. The molecule has 17 heavy (non-hydrogen) atoms. The number of hydrogen-bond acceptors (Lipinski definition) is 2. The monoisotopic (exact) mass is 296 g/mol. The van der Waals surface area contributed by atoms with E-state index in [0.29, 0.717) is 0 Å². The fraction of sp³-hybridized carbons (Fsp3) is 0.571. The summed E-state index contributed by atoms with van der Waals surface area (Å²) in [5.74, 6) is 0.852. The second-order valence-electron chi connectivity index (χ2n) is 4.90. The summed E-state index contributed by atoms with van der Waals surface area (Å²) >= 11 is 3.48. The van der Waals surface area contributed by atoms with Crippen molar-refractivity contribution in [1.82, 2.24) is 4.90 Å². The molecule has 1 aromatic rings. The third-order valence-electron chi connectivity index (χ3n) is 3.59. The van der Waals surface area contributed by atoms with Crippen LogP contribution >= 0.6 is 15.9 Å². The first-order valence-electron chi connectivity index (χ1n) is 6.45. The van der Waals surface area contributed by atoms with Crippen LogP contribution in [0.5, 0.6) is 0 Å². The lowest BCUT2D eigenvalue weighted by Gasteiger charge is -2.31. The quantitative estimate of drug-likeness (QED) is 0.926. The smallest absolute Gasteiger partial charge is 0.0175 e. The van der Waals surface area contributed by atoms with Gasteiger partial charge in [-0.1, -0.05) is 28.1 Å². The second kappa shape index (κ2) is 6.53. The van der Waals surface area contributed by atoms with Crippen molar-refractivity contribution in [3.63, 3.8) is 0 Å².